The Balaban J connectivity index is 1.09. The third-order valence-corrected chi connectivity index (χ3v) is 12.5. The molecule has 4 aliphatic heterocycles. The molecule has 1 amide bonds. The second-order valence-corrected chi connectivity index (χ2v) is 17.4. The number of nitrogens with one attached hydrogen (secondary N) is 2. The van der Waals surface area contributed by atoms with E-state index in [1.165, 1.54) is 56.3 Å². The molecule has 12 heteroatoms. The normalized spacial score (nSPS) is 25.1. The van der Waals surface area contributed by atoms with Crippen LogP contribution < -0.4 is 21.7 Å². The Hall–Kier alpha value is -2.35. The number of hydrogen-bond donors (Lipinski definition) is 6. The lowest BCUT2D eigenvalue weighted by Crippen LogP contribution is -3.23. The van der Waals surface area contributed by atoms with Gasteiger partial charge in [-0.1, -0.05) is 89.7 Å². The van der Waals surface area contributed by atoms with Gasteiger partial charge in [-0.05, 0) is 77.8 Å². The van der Waals surface area contributed by atoms with Crippen molar-refractivity contribution in [2.24, 2.45) is 16.5 Å². The summed E-state index contributed by atoms with van der Waals surface area (Å²) < 4.78 is 12.7. The molecule has 12 nitrogen and oxygen atoms in total. The lowest BCUT2D eigenvalue weighted by molar-refractivity contribution is -0.848. The molecule has 4 heterocycles. The van der Waals surface area contributed by atoms with Gasteiger partial charge in [0.2, 0.25) is 5.91 Å². The third-order valence-electron chi connectivity index (χ3n) is 12.5. The zero-order valence-electron chi connectivity index (χ0n) is 35.8. The highest BCUT2D eigenvalue weighted by molar-refractivity contribution is 5.93. The van der Waals surface area contributed by atoms with E-state index in [1.807, 2.05) is 6.92 Å². The number of carbonyl (C=O) groups is 2. The monoisotopic (exact) mass is 802 g/mol. The number of guanidine groups is 1. The molecule has 0 aromatic heterocycles. The SMILES string of the molecule is CC[C@H]1C=CCC[C@@]2(C[C@@H]3CCC4C(C(=O)OCCCCCCCCCCCCCCCC(=O)N(CCCN)C[C@@H](O)CCN)=C(CCC[C@@H](C)O)NC(=N2)[NH+]43)O1. The first-order valence-corrected chi connectivity index (χ1v) is 23.2. The molecule has 1 spiro atoms. The minimum absolute atomic E-state index is 0.0550. The van der Waals surface area contributed by atoms with Gasteiger partial charge in [-0.25, -0.2) is 4.79 Å². The molecule has 1 saturated heterocycles. The van der Waals surface area contributed by atoms with E-state index in [-0.39, 0.29) is 30.1 Å². The number of amides is 1. The minimum atomic E-state index is -0.567. The van der Waals surface area contributed by atoms with Crippen LogP contribution in [-0.2, 0) is 19.1 Å². The molecule has 326 valence electrons. The third kappa shape index (κ3) is 15.6. The van der Waals surface area contributed by atoms with Gasteiger partial charge in [0.05, 0.1) is 37.4 Å². The lowest BCUT2D eigenvalue weighted by atomic mass is 9.94. The molecule has 0 saturated carbocycles. The van der Waals surface area contributed by atoms with Gasteiger partial charge in [-0.3, -0.25) is 15.0 Å². The molecule has 57 heavy (non-hydrogen) atoms. The molecule has 0 radical (unpaired) electrons. The van der Waals surface area contributed by atoms with E-state index in [0.717, 1.165) is 101 Å². The number of aliphatic imine (C=N–C) groups is 1. The van der Waals surface area contributed by atoms with Crippen LogP contribution in [0.4, 0.5) is 0 Å². The number of carbonyl (C=O) groups excluding carboxylic acids is 2. The molecule has 8 N–H and O–H groups in total. The van der Waals surface area contributed by atoms with Crippen molar-refractivity contribution in [2.45, 2.75) is 210 Å². The average molecular weight is 802 g/mol. The van der Waals surface area contributed by atoms with Crippen molar-refractivity contribution in [1.82, 2.24) is 10.2 Å². The summed E-state index contributed by atoms with van der Waals surface area (Å²) in [6.45, 7) is 6.35. The highest BCUT2D eigenvalue weighted by Crippen LogP contribution is 2.37. The maximum Gasteiger partial charge on any atom is 0.341 e. The number of nitrogens with two attached hydrogens (primary N) is 2. The van der Waals surface area contributed by atoms with E-state index in [9.17, 15) is 19.8 Å². The summed E-state index contributed by atoms with van der Waals surface area (Å²) in [6, 6.07) is 0.415. The van der Waals surface area contributed by atoms with Crippen molar-refractivity contribution in [2.75, 3.05) is 32.8 Å². The predicted molar refractivity (Wildman–Crippen MR) is 227 cm³/mol. The number of esters is 1. The molecule has 0 aromatic rings. The Labute approximate surface area is 344 Å². The lowest BCUT2D eigenvalue weighted by Gasteiger charge is -2.43. The Morgan fingerprint density at radius 1 is 0.965 bits per heavy atom. The molecular formula is C45H81N6O6+. The summed E-state index contributed by atoms with van der Waals surface area (Å²) in [5.41, 5.74) is 12.4. The molecule has 0 aliphatic carbocycles. The number of hydrogen-bond acceptors (Lipinski definition) is 10. The summed E-state index contributed by atoms with van der Waals surface area (Å²) in [6.07, 6.45) is 28.2. The van der Waals surface area contributed by atoms with Crippen LogP contribution in [0.25, 0.3) is 0 Å². The van der Waals surface area contributed by atoms with E-state index < -0.39 is 11.8 Å². The van der Waals surface area contributed by atoms with Crippen LogP contribution in [0.1, 0.15) is 174 Å². The van der Waals surface area contributed by atoms with Crippen LogP contribution >= 0.6 is 0 Å². The van der Waals surface area contributed by atoms with Crippen molar-refractivity contribution >= 4 is 17.8 Å². The smallest absolute Gasteiger partial charge is 0.341 e. The van der Waals surface area contributed by atoms with Gasteiger partial charge in [0.1, 0.15) is 11.6 Å². The number of ether oxygens (including phenoxy) is 2. The molecule has 0 aromatic carbocycles. The van der Waals surface area contributed by atoms with Gasteiger partial charge in [0.15, 0.2) is 5.72 Å². The molecule has 7 atom stereocenters. The van der Waals surface area contributed by atoms with Crippen molar-refractivity contribution in [3.8, 4) is 0 Å². The van der Waals surface area contributed by atoms with E-state index in [2.05, 4.69) is 24.4 Å². The quantitative estimate of drug-likeness (QED) is 0.0333. The van der Waals surface area contributed by atoms with Crippen molar-refractivity contribution in [3.63, 3.8) is 0 Å². The fourth-order valence-electron chi connectivity index (χ4n) is 9.34. The first-order chi connectivity index (χ1) is 27.7. The maximum absolute atomic E-state index is 13.8. The Kier molecular flexibility index (Phi) is 21.6. The van der Waals surface area contributed by atoms with Crippen LogP contribution in [0.3, 0.4) is 0 Å². The van der Waals surface area contributed by atoms with Crippen LogP contribution in [0.5, 0.6) is 0 Å². The van der Waals surface area contributed by atoms with Crippen LogP contribution in [0.2, 0.25) is 0 Å². The molecule has 2 unspecified atom stereocenters. The van der Waals surface area contributed by atoms with E-state index >= 15 is 0 Å². The zero-order valence-corrected chi connectivity index (χ0v) is 35.8. The topological polar surface area (TPSA) is 177 Å². The van der Waals surface area contributed by atoms with Crippen LogP contribution in [-0.4, -0.2) is 102 Å². The molecule has 4 aliphatic rings. The summed E-state index contributed by atoms with van der Waals surface area (Å²) in [5, 5.41) is 23.7. The number of aliphatic hydroxyl groups excluding tert-OH is 2. The Morgan fingerprint density at radius 3 is 2.30 bits per heavy atom. The Morgan fingerprint density at radius 2 is 1.65 bits per heavy atom. The minimum Gasteiger partial charge on any atom is -0.462 e. The fraction of sp³-hybridized carbons (Fsp3) is 0.844. The molecule has 0 bridgehead atoms. The predicted octanol–water partition coefficient (Wildman–Crippen LogP) is 5.30. The summed E-state index contributed by atoms with van der Waals surface area (Å²) in [5.74, 6) is 0.862. The van der Waals surface area contributed by atoms with Crippen LogP contribution in [0, 0.1) is 0 Å². The summed E-state index contributed by atoms with van der Waals surface area (Å²) in [4.78, 5) is 34.8. The molecule has 1 fully saturated rings. The zero-order chi connectivity index (χ0) is 40.9. The van der Waals surface area contributed by atoms with Gasteiger partial charge in [0, 0.05) is 44.5 Å². The van der Waals surface area contributed by atoms with Gasteiger partial charge in [-0.2, -0.15) is 4.99 Å². The summed E-state index contributed by atoms with van der Waals surface area (Å²) in [7, 11) is 0. The largest absolute Gasteiger partial charge is 0.462 e. The van der Waals surface area contributed by atoms with Crippen molar-refractivity contribution in [3.05, 3.63) is 23.4 Å². The summed E-state index contributed by atoms with van der Waals surface area (Å²) >= 11 is 0. The Bertz CT molecular complexity index is 1290. The van der Waals surface area contributed by atoms with Crippen molar-refractivity contribution < 1.29 is 34.2 Å². The fourth-order valence-corrected chi connectivity index (χ4v) is 9.34. The van der Waals surface area contributed by atoms with E-state index in [4.69, 9.17) is 25.9 Å². The second kappa shape index (κ2) is 26.0. The van der Waals surface area contributed by atoms with Gasteiger partial charge < -0.3 is 36.1 Å². The standard InChI is InChI=1S/C45H80N6O6/c1-3-38-22-16-17-28-45(57-38)33-36-25-26-40-42(39(23-19-21-35(2)52)48-44(49-45)51(36)40)43(55)56-32-18-14-12-10-8-6-4-5-7-9-11-13-15-24-41(54)50(31-20-29-46)34-37(53)27-30-47/h16,22,35-38,40,52-53H,3-15,17-21,23-34,46-47H2,1-2H3,(H,48,49)/p+1/t35-,36+,37+,38+,40?,45+/m1/s1. The number of quaternary nitrogens is 1. The highest BCUT2D eigenvalue weighted by atomic mass is 16.5. The number of rotatable bonds is 29. The van der Waals surface area contributed by atoms with Crippen molar-refractivity contribution in [1.29, 1.82) is 0 Å². The number of aliphatic hydroxyl groups is 2. The number of unbranched alkanes of at least 4 members (excludes halogenated alkanes) is 12. The van der Waals surface area contributed by atoms with Gasteiger partial charge >= 0.3 is 11.9 Å². The molecule has 4 rings (SSSR count). The van der Waals surface area contributed by atoms with Gasteiger partial charge in [-0.15, -0.1) is 0 Å². The highest BCUT2D eigenvalue weighted by Gasteiger charge is 2.56. The second-order valence-electron chi connectivity index (χ2n) is 17.4. The van der Waals surface area contributed by atoms with Gasteiger partial charge in [0.25, 0.3) is 0 Å². The van der Waals surface area contributed by atoms with E-state index in [0.29, 0.717) is 64.5 Å². The first kappa shape index (κ1) is 47.3. The van der Waals surface area contributed by atoms with E-state index in [1.54, 1.807) is 4.90 Å². The molecular weight excluding hydrogens is 721 g/mol. The van der Waals surface area contributed by atoms with Crippen LogP contribution in [0.15, 0.2) is 28.4 Å². The average Bonchev–Trinajstić information content (AvgIpc) is 3.50. The number of allylic oxidation sites excluding steroid dienone is 2. The maximum atomic E-state index is 13.8. The first-order valence-electron chi connectivity index (χ1n) is 23.2. The number of nitrogens with zero attached hydrogens (tertiary/aromatic N) is 2.